The molecule has 3 heteroatoms. The van der Waals surface area contributed by atoms with Gasteiger partial charge in [-0.1, -0.05) is 32.6 Å². The van der Waals surface area contributed by atoms with Crippen molar-refractivity contribution in [1.82, 2.24) is 0 Å². The summed E-state index contributed by atoms with van der Waals surface area (Å²) in [5.74, 6) is 0. The van der Waals surface area contributed by atoms with Gasteiger partial charge in [0.1, 0.15) is 0 Å². The van der Waals surface area contributed by atoms with Crippen LogP contribution in [0.15, 0.2) is 4.99 Å². The normalized spacial score (nSPS) is 9.93. The summed E-state index contributed by atoms with van der Waals surface area (Å²) in [5.41, 5.74) is 0. The first-order valence-corrected chi connectivity index (χ1v) is 6.03. The van der Waals surface area contributed by atoms with Gasteiger partial charge in [0, 0.05) is 13.2 Å². The van der Waals surface area contributed by atoms with Gasteiger partial charge in [-0.3, -0.25) is 0 Å². The summed E-state index contributed by atoms with van der Waals surface area (Å²) in [6.07, 6.45) is 9.66. The number of rotatable bonds is 11. The Bertz CT molecular complexity index is 165. The Labute approximate surface area is 92.9 Å². The molecule has 0 saturated heterocycles. The Hall–Kier alpha value is -0.660. The molecule has 0 aromatic rings. The Kier molecular flexibility index (Phi) is 12.8. The summed E-state index contributed by atoms with van der Waals surface area (Å²) in [5, 5.41) is 0. The molecule has 0 fully saturated rings. The van der Waals surface area contributed by atoms with Crippen molar-refractivity contribution in [3.05, 3.63) is 0 Å². The number of aliphatic imine (C=N–C) groups is 1. The van der Waals surface area contributed by atoms with Crippen LogP contribution >= 0.6 is 0 Å². The van der Waals surface area contributed by atoms with Crippen molar-refractivity contribution in [2.45, 2.75) is 51.9 Å². The third kappa shape index (κ3) is 13.3. The Morgan fingerprint density at radius 2 is 1.67 bits per heavy atom. The standard InChI is InChI=1S/C12H23NO2/c1-2-3-7-10-15-11-8-5-4-6-9-13-12-14/h2-11H2,1H3. The summed E-state index contributed by atoms with van der Waals surface area (Å²) in [7, 11) is 0. The number of carbonyl (C=O) groups excluding carboxylic acids is 1. The van der Waals surface area contributed by atoms with E-state index in [1.165, 1.54) is 25.7 Å². The highest BCUT2D eigenvalue weighted by atomic mass is 16.5. The molecule has 0 aromatic heterocycles. The van der Waals surface area contributed by atoms with Crippen molar-refractivity contribution in [3.8, 4) is 0 Å². The fraction of sp³-hybridized carbons (Fsp3) is 0.917. The van der Waals surface area contributed by atoms with Gasteiger partial charge in [0.25, 0.3) is 0 Å². The zero-order chi connectivity index (χ0) is 11.2. The zero-order valence-electron chi connectivity index (χ0n) is 9.83. The number of hydrogen-bond acceptors (Lipinski definition) is 3. The van der Waals surface area contributed by atoms with Gasteiger partial charge < -0.3 is 4.74 Å². The summed E-state index contributed by atoms with van der Waals surface area (Å²) in [4.78, 5) is 13.3. The van der Waals surface area contributed by atoms with Crippen LogP contribution in [0, 0.1) is 0 Å². The molecule has 15 heavy (non-hydrogen) atoms. The van der Waals surface area contributed by atoms with Crippen LogP contribution < -0.4 is 0 Å². The lowest BCUT2D eigenvalue weighted by molar-refractivity contribution is 0.126. The van der Waals surface area contributed by atoms with Gasteiger partial charge >= 0.3 is 0 Å². The van der Waals surface area contributed by atoms with Crippen molar-refractivity contribution >= 4 is 6.08 Å². The third-order valence-corrected chi connectivity index (χ3v) is 2.27. The summed E-state index contributed by atoms with van der Waals surface area (Å²) >= 11 is 0. The van der Waals surface area contributed by atoms with Crippen molar-refractivity contribution < 1.29 is 9.53 Å². The number of nitrogens with zero attached hydrogens (tertiary/aromatic N) is 1. The van der Waals surface area contributed by atoms with Crippen LogP contribution in [0.5, 0.6) is 0 Å². The largest absolute Gasteiger partial charge is 0.381 e. The molecule has 0 aliphatic heterocycles. The topological polar surface area (TPSA) is 38.7 Å². The van der Waals surface area contributed by atoms with E-state index in [0.29, 0.717) is 6.54 Å². The van der Waals surface area contributed by atoms with E-state index in [0.717, 1.165) is 32.5 Å². The van der Waals surface area contributed by atoms with E-state index in [1.807, 2.05) is 0 Å². The predicted octanol–water partition coefficient (Wildman–Crippen LogP) is 3.09. The van der Waals surface area contributed by atoms with E-state index in [2.05, 4.69) is 11.9 Å². The monoisotopic (exact) mass is 213 g/mol. The number of unbranched alkanes of at least 4 members (excludes halogenated alkanes) is 5. The summed E-state index contributed by atoms with van der Waals surface area (Å²) in [6, 6.07) is 0. The van der Waals surface area contributed by atoms with E-state index in [-0.39, 0.29) is 0 Å². The average molecular weight is 213 g/mol. The lowest BCUT2D eigenvalue weighted by Crippen LogP contribution is -1.97. The van der Waals surface area contributed by atoms with Crippen LogP contribution in [0.3, 0.4) is 0 Å². The molecule has 0 rings (SSSR count). The summed E-state index contributed by atoms with van der Waals surface area (Å²) in [6.45, 7) is 4.60. The van der Waals surface area contributed by atoms with Gasteiger partial charge in [0.2, 0.25) is 6.08 Å². The van der Waals surface area contributed by atoms with Crippen LogP contribution in [-0.2, 0) is 9.53 Å². The first kappa shape index (κ1) is 14.3. The highest BCUT2D eigenvalue weighted by molar-refractivity contribution is 5.32. The maximum atomic E-state index is 9.75. The minimum atomic E-state index is 0.626. The SMILES string of the molecule is CCCCCOCCCCCCN=C=O. The van der Waals surface area contributed by atoms with Crippen molar-refractivity contribution in [1.29, 1.82) is 0 Å². The molecule has 0 aliphatic rings. The summed E-state index contributed by atoms with van der Waals surface area (Å²) < 4.78 is 5.48. The minimum Gasteiger partial charge on any atom is -0.381 e. The van der Waals surface area contributed by atoms with Crippen molar-refractivity contribution in [3.63, 3.8) is 0 Å². The van der Waals surface area contributed by atoms with Gasteiger partial charge in [-0.2, -0.15) is 0 Å². The average Bonchev–Trinajstić information content (AvgIpc) is 2.26. The molecule has 0 saturated carbocycles. The molecule has 0 aliphatic carbocycles. The Morgan fingerprint density at radius 3 is 2.33 bits per heavy atom. The van der Waals surface area contributed by atoms with E-state index >= 15 is 0 Å². The molecule has 0 N–H and O–H groups in total. The van der Waals surface area contributed by atoms with Gasteiger partial charge in [-0.05, 0) is 19.3 Å². The van der Waals surface area contributed by atoms with Crippen molar-refractivity contribution in [2.24, 2.45) is 4.99 Å². The molecule has 0 spiro atoms. The van der Waals surface area contributed by atoms with Gasteiger partial charge in [-0.25, -0.2) is 9.79 Å². The molecular formula is C12H23NO2. The van der Waals surface area contributed by atoms with Crippen LogP contribution in [0.2, 0.25) is 0 Å². The second-order valence-corrected chi connectivity index (χ2v) is 3.71. The fourth-order valence-electron chi connectivity index (χ4n) is 1.35. The maximum absolute atomic E-state index is 9.75. The van der Waals surface area contributed by atoms with Crippen LogP contribution in [0.1, 0.15) is 51.9 Å². The van der Waals surface area contributed by atoms with E-state index in [1.54, 1.807) is 6.08 Å². The number of ether oxygens (including phenoxy) is 1. The van der Waals surface area contributed by atoms with Gasteiger partial charge in [-0.15, -0.1) is 0 Å². The molecule has 0 amide bonds. The lowest BCUT2D eigenvalue weighted by Gasteiger charge is -2.02. The first-order chi connectivity index (χ1) is 7.41. The molecule has 0 unspecified atom stereocenters. The van der Waals surface area contributed by atoms with Gasteiger partial charge in [0.05, 0.1) is 6.54 Å². The number of isocyanates is 1. The fourth-order valence-corrected chi connectivity index (χ4v) is 1.35. The smallest absolute Gasteiger partial charge is 0.234 e. The van der Waals surface area contributed by atoms with E-state index in [9.17, 15) is 4.79 Å². The molecule has 0 heterocycles. The lowest BCUT2D eigenvalue weighted by atomic mass is 10.2. The third-order valence-electron chi connectivity index (χ3n) is 2.27. The van der Waals surface area contributed by atoms with Crippen LogP contribution in [0.4, 0.5) is 0 Å². The van der Waals surface area contributed by atoms with Crippen LogP contribution in [-0.4, -0.2) is 25.8 Å². The van der Waals surface area contributed by atoms with Crippen LogP contribution in [0.25, 0.3) is 0 Å². The molecule has 88 valence electrons. The second kappa shape index (κ2) is 13.3. The quantitative estimate of drug-likeness (QED) is 0.300. The highest BCUT2D eigenvalue weighted by Crippen LogP contribution is 2.01. The van der Waals surface area contributed by atoms with E-state index in [4.69, 9.17) is 4.74 Å². The molecule has 0 radical (unpaired) electrons. The van der Waals surface area contributed by atoms with E-state index < -0.39 is 0 Å². The molecule has 0 bridgehead atoms. The maximum Gasteiger partial charge on any atom is 0.234 e. The predicted molar refractivity (Wildman–Crippen MR) is 61.8 cm³/mol. The second-order valence-electron chi connectivity index (χ2n) is 3.71. The minimum absolute atomic E-state index is 0.626. The number of hydrogen-bond donors (Lipinski definition) is 0. The molecule has 3 nitrogen and oxygen atoms in total. The molecule has 0 aromatic carbocycles. The van der Waals surface area contributed by atoms with Crippen molar-refractivity contribution in [2.75, 3.05) is 19.8 Å². The zero-order valence-corrected chi connectivity index (χ0v) is 9.83. The highest BCUT2D eigenvalue weighted by Gasteiger charge is 1.91. The molecule has 0 atom stereocenters. The molecular weight excluding hydrogens is 190 g/mol. The Balaban J connectivity index is 2.89. The van der Waals surface area contributed by atoms with Gasteiger partial charge in [0.15, 0.2) is 0 Å². The first-order valence-electron chi connectivity index (χ1n) is 6.03. The Morgan fingerprint density at radius 1 is 1.00 bits per heavy atom.